The SMILES string of the molecule is O=C(NNC(=O)C1c2ccccc2Oc2ccccc21)c1cccc(Cl)c1. The van der Waals surface area contributed by atoms with Crippen LogP contribution < -0.4 is 15.6 Å². The highest BCUT2D eigenvalue weighted by Gasteiger charge is 2.32. The van der Waals surface area contributed by atoms with Crippen LogP contribution in [-0.4, -0.2) is 11.8 Å². The number of rotatable bonds is 2. The molecule has 0 saturated carbocycles. The van der Waals surface area contributed by atoms with Crippen LogP contribution in [0.3, 0.4) is 0 Å². The lowest BCUT2D eigenvalue weighted by Crippen LogP contribution is -2.44. The molecule has 0 spiro atoms. The highest BCUT2D eigenvalue weighted by atomic mass is 35.5. The molecule has 1 aliphatic heterocycles. The molecule has 0 aliphatic carbocycles. The Hall–Kier alpha value is -3.31. The largest absolute Gasteiger partial charge is 0.457 e. The van der Waals surface area contributed by atoms with Crippen molar-refractivity contribution in [3.63, 3.8) is 0 Å². The first kappa shape index (κ1) is 17.1. The van der Waals surface area contributed by atoms with Crippen LogP contribution in [0, 0.1) is 0 Å². The van der Waals surface area contributed by atoms with Crippen LogP contribution in [0.5, 0.6) is 11.5 Å². The highest BCUT2D eigenvalue weighted by molar-refractivity contribution is 6.30. The van der Waals surface area contributed by atoms with Crippen molar-refractivity contribution in [2.75, 3.05) is 0 Å². The van der Waals surface area contributed by atoms with E-state index in [0.29, 0.717) is 22.1 Å². The summed E-state index contributed by atoms with van der Waals surface area (Å²) in [6.45, 7) is 0. The van der Waals surface area contributed by atoms with Crippen LogP contribution in [0.25, 0.3) is 0 Å². The molecule has 5 nitrogen and oxygen atoms in total. The summed E-state index contributed by atoms with van der Waals surface area (Å²) in [6, 6.07) is 21.2. The van der Waals surface area contributed by atoms with E-state index in [9.17, 15) is 9.59 Å². The number of hydrazine groups is 1. The molecule has 2 amide bonds. The molecule has 2 N–H and O–H groups in total. The van der Waals surface area contributed by atoms with Gasteiger partial charge in [-0.25, -0.2) is 0 Å². The van der Waals surface area contributed by atoms with Crippen LogP contribution in [0.1, 0.15) is 27.4 Å². The molecule has 0 aromatic heterocycles. The number of ether oxygens (including phenoxy) is 1. The quantitative estimate of drug-likeness (QED) is 0.661. The molecular weight excluding hydrogens is 364 g/mol. The highest BCUT2D eigenvalue weighted by Crippen LogP contribution is 2.43. The maximum Gasteiger partial charge on any atom is 0.269 e. The van der Waals surface area contributed by atoms with Gasteiger partial charge in [0.15, 0.2) is 0 Å². The number of benzene rings is 3. The number of carbonyl (C=O) groups is 2. The Morgan fingerprint density at radius 3 is 2.07 bits per heavy atom. The van der Waals surface area contributed by atoms with Gasteiger partial charge in [0.2, 0.25) is 0 Å². The topological polar surface area (TPSA) is 67.4 Å². The van der Waals surface area contributed by atoms with Crippen LogP contribution in [-0.2, 0) is 4.79 Å². The third kappa shape index (κ3) is 3.37. The summed E-state index contributed by atoms with van der Waals surface area (Å²) < 4.78 is 5.88. The number of hydrogen-bond acceptors (Lipinski definition) is 3. The summed E-state index contributed by atoms with van der Waals surface area (Å²) in [4.78, 5) is 25.2. The number of para-hydroxylation sites is 2. The van der Waals surface area contributed by atoms with Crippen molar-refractivity contribution in [1.82, 2.24) is 10.9 Å². The van der Waals surface area contributed by atoms with E-state index in [-0.39, 0.29) is 5.91 Å². The molecule has 1 aliphatic rings. The molecular formula is C21H15ClN2O3. The van der Waals surface area contributed by atoms with E-state index in [0.717, 1.165) is 11.1 Å². The van der Waals surface area contributed by atoms with Gasteiger partial charge < -0.3 is 4.74 Å². The third-order valence-corrected chi connectivity index (χ3v) is 4.56. The van der Waals surface area contributed by atoms with Crippen LogP contribution in [0.2, 0.25) is 5.02 Å². The van der Waals surface area contributed by atoms with Crippen LogP contribution >= 0.6 is 11.6 Å². The molecule has 0 unspecified atom stereocenters. The minimum Gasteiger partial charge on any atom is -0.457 e. The molecule has 0 bridgehead atoms. The lowest BCUT2D eigenvalue weighted by atomic mass is 9.87. The fraction of sp³-hybridized carbons (Fsp3) is 0.0476. The van der Waals surface area contributed by atoms with Gasteiger partial charge in [-0.3, -0.25) is 20.4 Å². The zero-order valence-electron chi connectivity index (χ0n) is 14.1. The van der Waals surface area contributed by atoms with Crippen molar-refractivity contribution in [1.29, 1.82) is 0 Å². The lowest BCUT2D eigenvalue weighted by molar-refractivity contribution is -0.122. The summed E-state index contributed by atoms with van der Waals surface area (Å²) in [5.41, 5.74) is 6.80. The second-order valence-corrected chi connectivity index (χ2v) is 6.50. The normalized spacial score (nSPS) is 12.3. The molecule has 4 rings (SSSR count). The average molecular weight is 379 g/mol. The Morgan fingerprint density at radius 2 is 1.44 bits per heavy atom. The van der Waals surface area contributed by atoms with Gasteiger partial charge in [-0.2, -0.15) is 0 Å². The zero-order valence-corrected chi connectivity index (χ0v) is 14.9. The van der Waals surface area contributed by atoms with Crippen molar-refractivity contribution in [3.8, 4) is 11.5 Å². The number of carbonyl (C=O) groups excluding carboxylic acids is 2. The molecule has 0 fully saturated rings. The van der Waals surface area contributed by atoms with E-state index in [1.54, 1.807) is 18.2 Å². The van der Waals surface area contributed by atoms with Crippen molar-refractivity contribution >= 4 is 23.4 Å². The monoisotopic (exact) mass is 378 g/mol. The second-order valence-electron chi connectivity index (χ2n) is 6.06. The lowest BCUT2D eigenvalue weighted by Gasteiger charge is -2.27. The van der Waals surface area contributed by atoms with Gasteiger partial charge in [-0.15, -0.1) is 0 Å². The minimum atomic E-state index is -0.592. The first-order chi connectivity index (χ1) is 13.1. The van der Waals surface area contributed by atoms with Gasteiger partial charge in [0.05, 0.1) is 5.92 Å². The first-order valence-corrected chi connectivity index (χ1v) is 8.73. The standard InChI is InChI=1S/C21H15ClN2O3/c22-14-7-5-6-13(12-14)20(25)23-24-21(26)19-15-8-1-3-10-17(15)27-18-11-4-2-9-16(18)19/h1-12,19H,(H,23,25)(H,24,26). The fourth-order valence-electron chi connectivity index (χ4n) is 3.08. The molecule has 0 saturated heterocycles. The molecule has 6 heteroatoms. The number of halogens is 1. The predicted octanol–water partition coefficient (Wildman–Crippen LogP) is 4.04. The van der Waals surface area contributed by atoms with E-state index < -0.39 is 11.8 Å². The van der Waals surface area contributed by atoms with Gasteiger partial charge in [0.1, 0.15) is 11.5 Å². The first-order valence-electron chi connectivity index (χ1n) is 8.35. The molecule has 0 atom stereocenters. The molecule has 1 heterocycles. The van der Waals surface area contributed by atoms with Gasteiger partial charge in [0, 0.05) is 21.7 Å². The smallest absolute Gasteiger partial charge is 0.269 e. The zero-order chi connectivity index (χ0) is 18.8. The predicted molar refractivity (Wildman–Crippen MR) is 102 cm³/mol. The Bertz CT molecular complexity index is 990. The molecule has 3 aromatic carbocycles. The van der Waals surface area contributed by atoms with Gasteiger partial charge in [0.25, 0.3) is 11.8 Å². The number of hydrogen-bond donors (Lipinski definition) is 2. The van der Waals surface area contributed by atoms with Crippen molar-refractivity contribution in [2.45, 2.75) is 5.92 Å². The summed E-state index contributed by atoms with van der Waals surface area (Å²) in [7, 11) is 0. The van der Waals surface area contributed by atoms with Crippen LogP contribution in [0.4, 0.5) is 0 Å². The van der Waals surface area contributed by atoms with Crippen molar-refractivity contribution < 1.29 is 14.3 Å². The summed E-state index contributed by atoms with van der Waals surface area (Å²) in [6.07, 6.45) is 0. The second kappa shape index (κ2) is 7.13. The number of fused-ring (bicyclic) bond motifs is 2. The van der Waals surface area contributed by atoms with Gasteiger partial charge >= 0.3 is 0 Å². The third-order valence-electron chi connectivity index (χ3n) is 4.33. The Balaban J connectivity index is 1.58. The Morgan fingerprint density at radius 1 is 0.815 bits per heavy atom. The van der Waals surface area contributed by atoms with Gasteiger partial charge in [-0.1, -0.05) is 54.1 Å². The summed E-state index contributed by atoms with van der Waals surface area (Å²) in [5.74, 6) is -0.145. The molecule has 0 radical (unpaired) electrons. The average Bonchev–Trinajstić information content (AvgIpc) is 2.70. The molecule has 134 valence electrons. The Kier molecular flexibility index (Phi) is 4.52. The summed E-state index contributed by atoms with van der Waals surface area (Å²) in [5, 5.41) is 0.446. The maximum atomic E-state index is 12.9. The Labute approximate surface area is 160 Å². The fourth-order valence-corrected chi connectivity index (χ4v) is 3.28. The molecule has 3 aromatic rings. The number of nitrogens with one attached hydrogen (secondary N) is 2. The minimum absolute atomic E-state index is 0.353. The van der Waals surface area contributed by atoms with Gasteiger partial charge in [-0.05, 0) is 30.3 Å². The maximum absolute atomic E-state index is 12.9. The summed E-state index contributed by atoms with van der Waals surface area (Å²) >= 11 is 5.90. The molecule has 27 heavy (non-hydrogen) atoms. The number of amides is 2. The van der Waals surface area contributed by atoms with E-state index in [4.69, 9.17) is 16.3 Å². The van der Waals surface area contributed by atoms with Crippen LogP contribution in [0.15, 0.2) is 72.8 Å². The van der Waals surface area contributed by atoms with E-state index in [2.05, 4.69) is 10.9 Å². The van der Waals surface area contributed by atoms with Crippen molar-refractivity contribution in [2.24, 2.45) is 0 Å². The van der Waals surface area contributed by atoms with E-state index in [1.807, 2.05) is 48.5 Å². The van der Waals surface area contributed by atoms with Crippen molar-refractivity contribution in [3.05, 3.63) is 94.5 Å². The van der Waals surface area contributed by atoms with E-state index in [1.165, 1.54) is 6.07 Å². The van der Waals surface area contributed by atoms with E-state index >= 15 is 0 Å².